The van der Waals surface area contributed by atoms with Crippen molar-refractivity contribution in [2.24, 2.45) is 0 Å². The second-order valence-corrected chi connectivity index (χ2v) is 9.88. The Labute approximate surface area is 194 Å². The van der Waals surface area contributed by atoms with Crippen molar-refractivity contribution in [2.75, 3.05) is 16.2 Å². The predicted octanol–water partition coefficient (Wildman–Crippen LogP) is 4.81. The highest BCUT2D eigenvalue weighted by Crippen LogP contribution is 2.26. The topological polar surface area (TPSA) is 110 Å². The number of nitro benzene ring substituents is 1. The molecule has 0 saturated heterocycles. The van der Waals surface area contributed by atoms with Crippen molar-refractivity contribution in [3.05, 3.63) is 92.4 Å². The van der Waals surface area contributed by atoms with Crippen LogP contribution in [0.15, 0.2) is 76.1 Å². The minimum absolute atomic E-state index is 0.0466. The minimum atomic E-state index is -4.05. The van der Waals surface area contributed by atoms with Gasteiger partial charge >= 0.3 is 0 Å². The molecule has 0 aliphatic rings. The molecule has 32 heavy (non-hydrogen) atoms. The SMILES string of the molecule is Cc1ccc(S(=O)(=O)N(CC(=O)Nc2cc([N+](=O)[O-])ccc2C)c2ccc(Br)cc2)cc1. The maximum absolute atomic E-state index is 13.4. The average molecular weight is 518 g/mol. The van der Waals surface area contributed by atoms with E-state index in [0.717, 1.165) is 14.3 Å². The first-order valence-electron chi connectivity index (χ1n) is 9.48. The Balaban J connectivity index is 1.95. The van der Waals surface area contributed by atoms with Crippen LogP contribution in [-0.4, -0.2) is 25.8 Å². The van der Waals surface area contributed by atoms with Crippen molar-refractivity contribution < 1.29 is 18.1 Å². The monoisotopic (exact) mass is 517 g/mol. The molecule has 0 fully saturated rings. The smallest absolute Gasteiger partial charge is 0.271 e. The van der Waals surface area contributed by atoms with Gasteiger partial charge in [-0.2, -0.15) is 0 Å². The standard InChI is InChI=1S/C22H20BrN3O5S/c1-15-3-11-20(12-4-15)32(30,31)25(18-9-6-17(23)7-10-18)14-22(27)24-21-13-19(26(28)29)8-5-16(21)2/h3-13H,14H2,1-2H3,(H,24,27). The highest BCUT2D eigenvalue weighted by molar-refractivity contribution is 9.10. The number of sulfonamides is 1. The van der Waals surface area contributed by atoms with E-state index in [1.807, 2.05) is 6.92 Å². The number of anilines is 2. The molecule has 1 N–H and O–H groups in total. The van der Waals surface area contributed by atoms with Gasteiger partial charge in [0.05, 0.1) is 21.2 Å². The first kappa shape index (κ1) is 23.4. The van der Waals surface area contributed by atoms with E-state index >= 15 is 0 Å². The van der Waals surface area contributed by atoms with Gasteiger partial charge in [0.15, 0.2) is 0 Å². The molecule has 10 heteroatoms. The van der Waals surface area contributed by atoms with Gasteiger partial charge in [-0.05, 0) is 55.8 Å². The molecule has 3 aromatic rings. The number of carbonyl (C=O) groups is 1. The molecule has 166 valence electrons. The van der Waals surface area contributed by atoms with Gasteiger partial charge in [-0.15, -0.1) is 0 Å². The highest BCUT2D eigenvalue weighted by atomic mass is 79.9. The third kappa shape index (κ3) is 5.32. The first-order chi connectivity index (χ1) is 15.1. The lowest BCUT2D eigenvalue weighted by Crippen LogP contribution is -2.38. The molecule has 0 bridgehead atoms. The second kappa shape index (κ2) is 9.49. The molecule has 0 saturated carbocycles. The Morgan fingerprint density at radius 1 is 1.03 bits per heavy atom. The molecule has 8 nitrogen and oxygen atoms in total. The van der Waals surface area contributed by atoms with Crippen molar-refractivity contribution in [2.45, 2.75) is 18.7 Å². The van der Waals surface area contributed by atoms with Crippen LogP contribution in [0, 0.1) is 24.0 Å². The van der Waals surface area contributed by atoms with Gasteiger partial charge in [0, 0.05) is 16.6 Å². The molecule has 0 spiro atoms. The molecule has 0 atom stereocenters. The van der Waals surface area contributed by atoms with Crippen LogP contribution in [-0.2, 0) is 14.8 Å². The van der Waals surface area contributed by atoms with E-state index < -0.39 is 27.4 Å². The zero-order valence-electron chi connectivity index (χ0n) is 17.3. The number of nitrogens with zero attached hydrogens (tertiary/aromatic N) is 2. The normalized spacial score (nSPS) is 11.1. The lowest BCUT2D eigenvalue weighted by atomic mass is 10.2. The van der Waals surface area contributed by atoms with E-state index in [2.05, 4.69) is 21.2 Å². The molecular weight excluding hydrogens is 498 g/mol. The molecule has 0 aromatic heterocycles. The summed E-state index contributed by atoms with van der Waals surface area (Å²) in [4.78, 5) is 23.4. The number of benzene rings is 3. The number of hydrogen-bond acceptors (Lipinski definition) is 5. The summed E-state index contributed by atoms with van der Waals surface area (Å²) in [7, 11) is -4.05. The Kier molecular flexibility index (Phi) is 6.95. The molecule has 0 aliphatic heterocycles. The highest BCUT2D eigenvalue weighted by Gasteiger charge is 2.27. The summed E-state index contributed by atoms with van der Waals surface area (Å²) in [5.41, 5.74) is 1.88. The number of non-ortho nitro benzene ring substituents is 1. The third-order valence-corrected chi connectivity index (χ3v) is 7.03. The fraction of sp³-hybridized carbons (Fsp3) is 0.136. The van der Waals surface area contributed by atoms with Gasteiger partial charge in [0.1, 0.15) is 6.54 Å². The van der Waals surface area contributed by atoms with Gasteiger partial charge in [0.25, 0.3) is 15.7 Å². The van der Waals surface area contributed by atoms with Crippen LogP contribution in [0.1, 0.15) is 11.1 Å². The van der Waals surface area contributed by atoms with Gasteiger partial charge < -0.3 is 5.32 Å². The summed E-state index contributed by atoms with van der Waals surface area (Å²) in [6.07, 6.45) is 0. The first-order valence-corrected chi connectivity index (χ1v) is 11.7. The van der Waals surface area contributed by atoms with Crippen LogP contribution in [0.25, 0.3) is 0 Å². The summed E-state index contributed by atoms with van der Waals surface area (Å²) in [6, 6.07) is 16.9. The van der Waals surface area contributed by atoms with Crippen LogP contribution in [0.5, 0.6) is 0 Å². The Morgan fingerprint density at radius 3 is 2.25 bits per heavy atom. The number of aryl methyl sites for hydroxylation is 2. The largest absolute Gasteiger partial charge is 0.324 e. The van der Waals surface area contributed by atoms with Gasteiger partial charge in [-0.1, -0.05) is 39.7 Å². The predicted molar refractivity (Wildman–Crippen MR) is 126 cm³/mol. The van der Waals surface area contributed by atoms with Crippen molar-refractivity contribution in [1.29, 1.82) is 0 Å². The van der Waals surface area contributed by atoms with Gasteiger partial charge in [0.2, 0.25) is 5.91 Å². The summed E-state index contributed by atoms with van der Waals surface area (Å²) in [5.74, 6) is -0.632. The third-order valence-electron chi connectivity index (χ3n) is 4.72. The number of hydrogen-bond donors (Lipinski definition) is 1. The molecule has 0 radical (unpaired) electrons. The van der Waals surface area contributed by atoms with E-state index in [4.69, 9.17) is 0 Å². The van der Waals surface area contributed by atoms with Crippen LogP contribution in [0.4, 0.5) is 17.1 Å². The average Bonchev–Trinajstić information content (AvgIpc) is 2.74. The molecule has 0 aliphatic carbocycles. The van der Waals surface area contributed by atoms with Gasteiger partial charge in [-0.25, -0.2) is 8.42 Å². The van der Waals surface area contributed by atoms with Crippen molar-refractivity contribution in [3.8, 4) is 0 Å². The molecular formula is C22H20BrN3O5S. The second-order valence-electron chi connectivity index (χ2n) is 7.11. The van der Waals surface area contributed by atoms with E-state index in [1.165, 1.54) is 30.3 Å². The Hall–Kier alpha value is -3.24. The minimum Gasteiger partial charge on any atom is -0.324 e. The van der Waals surface area contributed by atoms with Crippen LogP contribution in [0.3, 0.4) is 0 Å². The van der Waals surface area contributed by atoms with Crippen LogP contribution >= 0.6 is 15.9 Å². The number of nitrogens with one attached hydrogen (secondary N) is 1. The summed E-state index contributed by atoms with van der Waals surface area (Å²) in [6.45, 7) is 3.02. The zero-order chi connectivity index (χ0) is 23.5. The summed E-state index contributed by atoms with van der Waals surface area (Å²) in [5, 5.41) is 13.6. The quantitative estimate of drug-likeness (QED) is 0.357. The Bertz CT molecular complexity index is 1260. The molecule has 3 rings (SSSR count). The van der Waals surface area contributed by atoms with E-state index in [9.17, 15) is 23.3 Å². The maximum Gasteiger partial charge on any atom is 0.271 e. The number of amides is 1. The van der Waals surface area contributed by atoms with Crippen molar-refractivity contribution >= 4 is 48.9 Å². The number of carbonyl (C=O) groups excluding carboxylic acids is 1. The van der Waals surface area contributed by atoms with E-state index in [0.29, 0.717) is 11.3 Å². The summed E-state index contributed by atoms with van der Waals surface area (Å²) < 4.78 is 28.5. The molecule has 1 amide bonds. The Morgan fingerprint density at radius 2 is 1.66 bits per heavy atom. The summed E-state index contributed by atoms with van der Waals surface area (Å²) >= 11 is 3.32. The van der Waals surface area contributed by atoms with Crippen molar-refractivity contribution in [1.82, 2.24) is 0 Å². The lowest BCUT2D eigenvalue weighted by molar-refractivity contribution is -0.384. The van der Waals surface area contributed by atoms with Crippen molar-refractivity contribution in [3.63, 3.8) is 0 Å². The number of rotatable bonds is 7. The van der Waals surface area contributed by atoms with Crippen LogP contribution in [0.2, 0.25) is 0 Å². The molecule has 0 heterocycles. The van der Waals surface area contributed by atoms with Crippen LogP contribution < -0.4 is 9.62 Å². The van der Waals surface area contributed by atoms with E-state index in [-0.39, 0.29) is 16.3 Å². The zero-order valence-corrected chi connectivity index (χ0v) is 19.7. The maximum atomic E-state index is 13.4. The van der Waals surface area contributed by atoms with Gasteiger partial charge in [-0.3, -0.25) is 19.2 Å². The van der Waals surface area contributed by atoms with E-state index in [1.54, 1.807) is 43.3 Å². The molecule has 3 aromatic carbocycles. The fourth-order valence-corrected chi connectivity index (χ4v) is 4.62. The number of halogens is 1. The fourth-order valence-electron chi connectivity index (χ4n) is 2.94. The lowest BCUT2D eigenvalue weighted by Gasteiger charge is -2.24. The number of nitro groups is 1. The molecule has 0 unspecified atom stereocenters.